The number of hydrogen-bond acceptors (Lipinski definition) is 6. The van der Waals surface area contributed by atoms with Crippen LogP contribution < -0.4 is 10.6 Å². The molecular weight excluding hydrogens is 326 g/mol. The third-order valence-corrected chi connectivity index (χ3v) is 5.50. The second-order valence-electron chi connectivity index (χ2n) is 6.33. The van der Waals surface area contributed by atoms with Gasteiger partial charge in [-0.1, -0.05) is 11.3 Å². The molecule has 2 aromatic rings. The van der Waals surface area contributed by atoms with Crippen LogP contribution in [0.5, 0.6) is 0 Å². The highest BCUT2D eigenvalue weighted by molar-refractivity contribution is 7.15. The number of nitrogens with one attached hydrogen (secondary N) is 2. The number of hydrogen-bond donors (Lipinski definition) is 2. The van der Waals surface area contributed by atoms with Gasteiger partial charge in [-0.2, -0.15) is 0 Å². The highest BCUT2D eigenvalue weighted by Gasteiger charge is 2.28. The first kappa shape index (κ1) is 15.6. The molecule has 0 bridgehead atoms. The summed E-state index contributed by atoms with van der Waals surface area (Å²) in [7, 11) is 0. The molecule has 2 amide bonds. The van der Waals surface area contributed by atoms with Crippen LogP contribution in [-0.2, 0) is 0 Å². The second-order valence-corrected chi connectivity index (χ2v) is 7.34. The molecule has 2 aliphatic rings. The van der Waals surface area contributed by atoms with Crippen LogP contribution in [0.2, 0.25) is 0 Å². The number of aromatic nitrogens is 2. The van der Waals surface area contributed by atoms with Gasteiger partial charge in [0.15, 0.2) is 0 Å². The van der Waals surface area contributed by atoms with E-state index in [0.717, 1.165) is 23.9 Å². The highest BCUT2D eigenvalue weighted by Crippen LogP contribution is 2.42. The van der Waals surface area contributed by atoms with Gasteiger partial charge in [-0.05, 0) is 50.9 Å². The van der Waals surface area contributed by atoms with Crippen LogP contribution in [0.4, 0.5) is 9.93 Å². The van der Waals surface area contributed by atoms with Gasteiger partial charge in [-0.25, -0.2) is 4.79 Å². The maximum Gasteiger partial charge on any atom is 0.321 e. The lowest BCUT2D eigenvalue weighted by Crippen LogP contribution is -2.38. The van der Waals surface area contributed by atoms with E-state index in [0.29, 0.717) is 17.6 Å². The number of amides is 2. The summed E-state index contributed by atoms with van der Waals surface area (Å²) in [6.07, 6.45) is 6.43. The van der Waals surface area contributed by atoms with Crippen LogP contribution in [0.1, 0.15) is 48.4 Å². The minimum atomic E-state index is -0.246. The van der Waals surface area contributed by atoms with Crippen molar-refractivity contribution < 1.29 is 9.21 Å². The molecule has 1 atom stereocenters. The molecule has 0 unspecified atom stereocenters. The number of rotatable bonds is 6. The summed E-state index contributed by atoms with van der Waals surface area (Å²) in [5.41, 5.74) is 0. The molecule has 1 saturated heterocycles. The molecule has 0 spiro atoms. The Kier molecular flexibility index (Phi) is 4.48. The van der Waals surface area contributed by atoms with Crippen LogP contribution in [-0.4, -0.2) is 40.8 Å². The normalized spacial score (nSPS) is 19.3. The lowest BCUT2D eigenvalue weighted by atomic mass is 10.2. The summed E-state index contributed by atoms with van der Waals surface area (Å²) < 4.78 is 5.56. The maximum absolute atomic E-state index is 12.2. The monoisotopic (exact) mass is 347 g/mol. The van der Waals surface area contributed by atoms with Crippen LogP contribution in [0, 0.1) is 0 Å². The molecule has 1 aliphatic carbocycles. The summed E-state index contributed by atoms with van der Waals surface area (Å²) in [5, 5.41) is 15.5. The Balaban J connectivity index is 1.33. The van der Waals surface area contributed by atoms with Crippen molar-refractivity contribution >= 4 is 22.5 Å². The first-order valence-corrected chi connectivity index (χ1v) is 9.27. The van der Waals surface area contributed by atoms with Gasteiger partial charge in [-0.15, -0.1) is 10.2 Å². The molecule has 8 heteroatoms. The van der Waals surface area contributed by atoms with E-state index in [2.05, 4.69) is 25.7 Å². The molecule has 4 rings (SSSR count). The lowest BCUT2D eigenvalue weighted by Gasteiger charge is -2.25. The van der Waals surface area contributed by atoms with E-state index in [9.17, 15) is 4.79 Å². The van der Waals surface area contributed by atoms with E-state index >= 15 is 0 Å². The molecule has 24 heavy (non-hydrogen) atoms. The van der Waals surface area contributed by atoms with Crippen molar-refractivity contribution in [3.05, 3.63) is 29.2 Å². The molecular formula is C16H21N5O2S. The Labute approximate surface area is 144 Å². The van der Waals surface area contributed by atoms with E-state index in [1.807, 2.05) is 12.1 Å². The van der Waals surface area contributed by atoms with Crippen LogP contribution in [0.25, 0.3) is 0 Å². The minimum absolute atomic E-state index is 0.0738. The van der Waals surface area contributed by atoms with Gasteiger partial charge in [-0.3, -0.25) is 10.2 Å². The molecule has 0 radical (unpaired) electrons. The summed E-state index contributed by atoms with van der Waals surface area (Å²) in [4.78, 5) is 14.5. The smallest absolute Gasteiger partial charge is 0.321 e. The molecule has 7 nitrogen and oxygen atoms in total. The maximum atomic E-state index is 12.2. The van der Waals surface area contributed by atoms with E-state index in [-0.39, 0.29) is 12.1 Å². The average molecular weight is 347 g/mol. The molecule has 1 saturated carbocycles. The van der Waals surface area contributed by atoms with Gasteiger partial charge < -0.3 is 9.73 Å². The zero-order valence-corrected chi connectivity index (χ0v) is 14.2. The first-order valence-electron chi connectivity index (χ1n) is 8.45. The lowest BCUT2D eigenvalue weighted by molar-refractivity contribution is 0.207. The van der Waals surface area contributed by atoms with Gasteiger partial charge in [0.25, 0.3) is 0 Å². The Bertz CT molecular complexity index is 676. The van der Waals surface area contributed by atoms with Crippen molar-refractivity contribution in [2.45, 2.75) is 37.6 Å². The molecule has 1 aliphatic heterocycles. The number of likely N-dealkylation sites (tertiary alicyclic amines) is 1. The first-order chi connectivity index (χ1) is 11.8. The van der Waals surface area contributed by atoms with Crippen LogP contribution >= 0.6 is 11.3 Å². The zero-order valence-electron chi connectivity index (χ0n) is 13.4. The fourth-order valence-electron chi connectivity index (χ4n) is 3.05. The molecule has 2 aromatic heterocycles. The number of anilines is 1. The Hall–Kier alpha value is -1.93. The fourth-order valence-corrected chi connectivity index (χ4v) is 3.96. The summed E-state index contributed by atoms with van der Waals surface area (Å²) in [5.74, 6) is 1.45. The van der Waals surface area contributed by atoms with Crippen molar-refractivity contribution in [2.24, 2.45) is 0 Å². The Morgan fingerprint density at radius 3 is 2.92 bits per heavy atom. The van der Waals surface area contributed by atoms with Crippen molar-refractivity contribution in [1.82, 2.24) is 20.4 Å². The molecule has 2 N–H and O–H groups in total. The molecule has 128 valence electrons. The SMILES string of the molecule is O=C(NC[C@@H](c1ccco1)N1CCCC1)Nc1nnc(C2CC2)s1. The van der Waals surface area contributed by atoms with E-state index in [4.69, 9.17) is 4.42 Å². The largest absolute Gasteiger partial charge is 0.468 e. The van der Waals surface area contributed by atoms with Gasteiger partial charge >= 0.3 is 6.03 Å². The van der Waals surface area contributed by atoms with Crippen molar-refractivity contribution in [1.29, 1.82) is 0 Å². The Morgan fingerprint density at radius 1 is 1.38 bits per heavy atom. The van der Waals surface area contributed by atoms with Gasteiger partial charge in [0.2, 0.25) is 5.13 Å². The van der Waals surface area contributed by atoms with E-state index in [1.54, 1.807) is 6.26 Å². The van der Waals surface area contributed by atoms with Crippen molar-refractivity contribution in [3.8, 4) is 0 Å². The molecule has 0 aromatic carbocycles. The van der Waals surface area contributed by atoms with Gasteiger partial charge in [0, 0.05) is 12.5 Å². The molecule has 3 heterocycles. The van der Waals surface area contributed by atoms with Crippen LogP contribution in [0.15, 0.2) is 22.8 Å². The van der Waals surface area contributed by atoms with Crippen molar-refractivity contribution in [3.63, 3.8) is 0 Å². The number of nitrogens with zero attached hydrogens (tertiary/aromatic N) is 3. The number of carbonyl (C=O) groups excluding carboxylic acids is 1. The number of carbonyl (C=O) groups is 1. The average Bonchev–Trinajstić information content (AvgIpc) is 3.04. The fraction of sp³-hybridized carbons (Fsp3) is 0.562. The topological polar surface area (TPSA) is 83.3 Å². The highest BCUT2D eigenvalue weighted by atomic mass is 32.1. The predicted molar refractivity (Wildman–Crippen MR) is 91.2 cm³/mol. The van der Waals surface area contributed by atoms with E-state index < -0.39 is 0 Å². The van der Waals surface area contributed by atoms with Gasteiger partial charge in [0.1, 0.15) is 10.8 Å². The van der Waals surface area contributed by atoms with Crippen molar-refractivity contribution in [2.75, 3.05) is 25.0 Å². The summed E-state index contributed by atoms with van der Waals surface area (Å²) in [6.45, 7) is 2.58. The zero-order chi connectivity index (χ0) is 16.4. The quantitative estimate of drug-likeness (QED) is 0.839. The summed E-state index contributed by atoms with van der Waals surface area (Å²) >= 11 is 1.47. The number of furan rings is 1. The standard InChI is InChI=1S/C16H21N5O2S/c22-15(18-16-20-19-14(24-16)11-5-6-11)17-10-12(13-4-3-9-23-13)21-7-1-2-8-21/h3-4,9,11-12H,1-2,5-8,10H2,(H2,17,18,20,22)/t12-/m0/s1. The third kappa shape index (κ3) is 3.59. The summed E-state index contributed by atoms with van der Waals surface area (Å²) in [6, 6.07) is 3.68. The number of urea groups is 1. The predicted octanol–water partition coefficient (Wildman–Crippen LogP) is 2.97. The second kappa shape index (κ2) is 6.90. The minimum Gasteiger partial charge on any atom is -0.468 e. The molecule has 2 fully saturated rings. The van der Waals surface area contributed by atoms with Crippen LogP contribution in [0.3, 0.4) is 0 Å². The Morgan fingerprint density at radius 2 is 2.21 bits per heavy atom. The van der Waals surface area contributed by atoms with Gasteiger partial charge in [0.05, 0.1) is 12.3 Å². The van der Waals surface area contributed by atoms with E-state index in [1.165, 1.54) is 37.0 Å². The third-order valence-electron chi connectivity index (χ3n) is 4.50.